The van der Waals surface area contributed by atoms with Gasteiger partial charge in [0.25, 0.3) is 0 Å². The van der Waals surface area contributed by atoms with E-state index in [1.807, 2.05) is 0 Å². The van der Waals surface area contributed by atoms with Crippen molar-refractivity contribution in [3.8, 4) is 0 Å². The lowest BCUT2D eigenvalue weighted by atomic mass is 10.1. The zero-order valence-corrected chi connectivity index (χ0v) is 7.40. The molecule has 1 atom stereocenters. The fourth-order valence-corrected chi connectivity index (χ4v) is 1.40. The normalized spacial score (nSPS) is 22.3. The number of hydrogen-bond acceptors (Lipinski definition) is 5. The number of hydrogen-bond donors (Lipinski definition) is 1. The Labute approximate surface area is 76.5 Å². The standard InChI is InChI=1S/C8H13N3O2/c1-2-12-5-7(1)3-9-4-8-10-6-13-11-8/h6-7,9H,1-5H2. The molecule has 0 amide bonds. The van der Waals surface area contributed by atoms with E-state index in [-0.39, 0.29) is 0 Å². The Morgan fingerprint density at radius 2 is 2.62 bits per heavy atom. The zero-order chi connectivity index (χ0) is 8.93. The van der Waals surface area contributed by atoms with E-state index in [9.17, 15) is 0 Å². The Bertz CT molecular complexity index is 232. The molecular weight excluding hydrogens is 170 g/mol. The van der Waals surface area contributed by atoms with Gasteiger partial charge < -0.3 is 14.6 Å². The van der Waals surface area contributed by atoms with E-state index in [4.69, 9.17) is 4.74 Å². The molecule has 0 saturated carbocycles. The molecule has 0 aliphatic carbocycles. The van der Waals surface area contributed by atoms with Crippen molar-refractivity contribution < 1.29 is 9.26 Å². The second-order valence-corrected chi connectivity index (χ2v) is 3.21. The van der Waals surface area contributed by atoms with E-state index in [1.165, 1.54) is 6.39 Å². The predicted molar refractivity (Wildman–Crippen MR) is 44.9 cm³/mol. The largest absolute Gasteiger partial charge is 0.381 e. The van der Waals surface area contributed by atoms with Crippen LogP contribution in [0.25, 0.3) is 0 Å². The summed E-state index contributed by atoms with van der Waals surface area (Å²) in [5, 5.41) is 6.97. The van der Waals surface area contributed by atoms with Gasteiger partial charge >= 0.3 is 0 Å². The van der Waals surface area contributed by atoms with Crippen molar-refractivity contribution in [2.75, 3.05) is 19.8 Å². The molecule has 13 heavy (non-hydrogen) atoms. The maximum atomic E-state index is 5.26. The topological polar surface area (TPSA) is 60.2 Å². The van der Waals surface area contributed by atoms with Crippen LogP contribution in [0.1, 0.15) is 12.2 Å². The second kappa shape index (κ2) is 4.34. The minimum atomic E-state index is 0.645. The van der Waals surface area contributed by atoms with Crippen LogP contribution >= 0.6 is 0 Å². The molecule has 0 aromatic carbocycles. The van der Waals surface area contributed by atoms with Gasteiger partial charge in [0.1, 0.15) is 0 Å². The third-order valence-electron chi connectivity index (χ3n) is 2.15. The van der Waals surface area contributed by atoms with Crippen LogP contribution < -0.4 is 5.32 Å². The Kier molecular flexibility index (Phi) is 2.89. The van der Waals surface area contributed by atoms with Gasteiger partial charge in [-0.25, -0.2) is 0 Å². The Morgan fingerprint density at radius 3 is 3.31 bits per heavy atom. The molecule has 1 aromatic heterocycles. The average molecular weight is 183 g/mol. The first-order chi connectivity index (χ1) is 6.45. The Hall–Kier alpha value is -0.940. The molecule has 1 unspecified atom stereocenters. The zero-order valence-electron chi connectivity index (χ0n) is 7.40. The molecular formula is C8H13N3O2. The first-order valence-electron chi connectivity index (χ1n) is 4.49. The highest BCUT2D eigenvalue weighted by atomic mass is 16.5. The maximum Gasteiger partial charge on any atom is 0.213 e. The summed E-state index contributed by atoms with van der Waals surface area (Å²) in [7, 11) is 0. The van der Waals surface area contributed by atoms with Gasteiger partial charge in [-0.05, 0) is 12.3 Å². The van der Waals surface area contributed by atoms with Crippen LogP contribution in [0.15, 0.2) is 10.9 Å². The van der Waals surface area contributed by atoms with E-state index < -0.39 is 0 Å². The lowest BCUT2D eigenvalue weighted by Gasteiger charge is -2.06. The summed E-state index contributed by atoms with van der Waals surface area (Å²) >= 11 is 0. The Balaban J connectivity index is 1.63. The molecule has 5 heteroatoms. The summed E-state index contributed by atoms with van der Waals surface area (Å²) in [6.45, 7) is 3.41. The molecule has 2 heterocycles. The van der Waals surface area contributed by atoms with Gasteiger partial charge in [0.05, 0.1) is 13.2 Å². The molecule has 5 nitrogen and oxygen atoms in total. The van der Waals surface area contributed by atoms with Gasteiger partial charge in [0.2, 0.25) is 6.39 Å². The number of aromatic nitrogens is 2. The van der Waals surface area contributed by atoms with Gasteiger partial charge in [0, 0.05) is 13.2 Å². The van der Waals surface area contributed by atoms with Gasteiger partial charge in [-0.1, -0.05) is 5.16 Å². The van der Waals surface area contributed by atoms with Crippen LogP contribution in [-0.4, -0.2) is 29.9 Å². The summed E-state index contributed by atoms with van der Waals surface area (Å²) in [4.78, 5) is 3.91. The fourth-order valence-electron chi connectivity index (χ4n) is 1.40. The molecule has 0 bridgehead atoms. The van der Waals surface area contributed by atoms with Crippen LogP contribution in [0.3, 0.4) is 0 Å². The molecule has 1 aliphatic heterocycles. The number of nitrogens with one attached hydrogen (secondary N) is 1. The molecule has 1 fully saturated rings. The van der Waals surface area contributed by atoms with Gasteiger partial charge in [-0.2, -0.15) is 4.98 Å². The summed E-state index contributed by atoms with van der Waals surface area (Å²) in [6, 6.07) is 0. The number of ether oxygens (including phenoxy) is 1. The third-order valence-corrected chi connectivity index (χ3v) is 2.15. The Morgan fingerprint density at radius 1 is 1.62 bits per heavy atom. The van der Waals surface area contributed by atoms with E-state index in [1.54, 1.807) is 0 Å². The van der Waals surface area contributed by atoms with Crippen LogP contribution in [-0.2, 0) is 11.3 Å². The predicted octanol–water partition coefficient (Wildman–Crippen LogP) is 0.196. The van der Waals surface area contributed by atoms with E-state index in [0.717, 1.165) is 26.2 Å². The van der Waals surface area contributed by atoms with E-state index in [2.05, 4.69) is 20.0 Å². The van der Waals surface area contributed by atoms with Crippen molar-refractivity contribution >= 4 is 0 Å². The molecule has 1 aromatic rings. The van der Waals surface area contributed by atoms with Gasteiger partial charge in [0.15, 0.2) is 5.82 Å². The lowest BCUT2D eigenvalue weighted by molar-refractivity contribution is 0.185. The van der Waals surface area contributed by atoms with Gasteiger partial charge in [-0.3, -0.25) is 0 Å². The van der Waals surface area contributed by atoms with Crippen molar-refractivity contribution in [3.05, 3.63) is 12.2 Å². The minimum Gasteiger partial charge on any atom is -0.381 e. The van der Waals surface area contributed by atoms with Gasteiger partial charge in [-0.15, -0.1) is 0 Å². The van der Waals surface area contributed by atoms with Crippen LogP contribution in [0, 0.1) is 5.92 Å². The molecule has 1 saturated heterocycles. The summed E-state index contributed by atoms with van der Waals surface area (Å²) in [6.07, 6.45) is 2.49. The smallest absolute Gasteiger partial charge is 0.213 e. The van der Waals surface area contributed by atoms with Crippen molar-refractivity contribution in [1.82, 2.24) is 15.5 Å². The molecule has 1 N–H and O–H groups in total. The van der Waals surface area contributed by atoms with Crippen molar-refractivity contribution in [3.63, 3.8) is 0 Å². The van der Waals surface area contributed by atoms with Crippen molar-refractivity contribution in [2.45, 2.75) is 13.0 Å². The number of nitrogens with zero attached hydrogens (tertiary/aromatic N) is 2. The maximum absolute atomic E-state index is 5.26. The van der Waals surface area contributed by atoms with Crippen LogP contribution in [0.2, 0.25) is 0 Å². The summed E-state index contributed by atoms with van der Waals surface area (Å²) in [5.41, 5.74) is 0. The number of rotatable bonds is 4. The lowest BCUT2D eigenvalue weighted by Crippen LogP contribution is -2.23. The molecule has 72 valence electrons. The quantitative estimate of drug-likeness (QED) is 0.722. The molecule has 0 spiro atoms. The van der Waals surface area contributed by atoms with Crippen LogP contribution in [0.5, 0.6) is 0 Å². The molecule has 0 radical (unpaired) electrons. The highest BCUT2D eigenvalue weighted by Crippen LogP contribution is 2.10. The van der Waals surface area contributed by atoms with Crippen LogP contribution in [0.4, 0.5) is 0 Å². The summed E-state index contributed by atoms with van der Waals surface area (Å²) < 4.78 is 9.87. The highest BCUT2D eigenvalue weighted by molar-refractivity contribution is 4.77. The fraction of sp³-hybridized carbons (Fsp3) is 0.750. The first kappa shape index (κ1) is 8.65. The minimum absolute atomic E-state index is 0.645. The third kappa shape index (κ3) is 2.50. The van der Waals surface area contributed by atoms with E-state index in [0.29, 0.717) is 18.3 Å². The monoisotopic (exact) mass is 183 g/mol. The summed E-state index contributed by atoms with van der Waals surface area (Å²) in [5.74, 6) is 1.35. The average Bonchev–Trinajstić information content (AvgIpc) is 2.75. The van der Waals surface area contributed by atoms with E-state index >= 15 is 0 Å². The SMILES string of the molecule is c1nc(CNCC2CCOC2)no1. The molecule has 2 rings (SSSR count). The highest BCUT2D eigenvalue weighted by Gasteiger charge is 2.14. The first-order valence-corrected chi connectivity index (χ1v) is 4.49. The van der Waals surface area contributed by atoms with Crippen molar-refractivity contribution in [1.29, 1.82) is 0 Å². The van der Waals surface area contributed by atoms with Crippen molar-refractivity contribution in [2.24, 2.45) is 5.92 Å². The molecule has 1 aliphatic rings. The second-order valence-electron chi connectivity index (χ2n) is 3.21.